The number of hydrogen-bond donors (Lipinski definition) is 1. The number of piperidine rings is 1. The third kappa shape index (κ3) is 5.11. The molecule has 1 saturated heterocycles. The molecule has 24 heavy (non-hydrogen) atoms. The first kappa shape index (κ1) is 18.5. The molecule has 1 N–H and O–H groups in total. The van der Waals surface area contributed by atoms with Crippen LogP contribution in [0.2, 0.25) is 0 Å². The zero-order chi connectivity index (χ0) is 17.5. The van der Waals surface area contributed by atoms with E-state index in [4.69, 9.17) is 9.47 Å². The largest absolute Gasteiger partial charge is 0.493 e. The van der Waals surface area contributed by atoms with Crippen molar-refractivity contribution in [3.05, 3.63) is 23.8 Å². The number of likely N-dealkylation sites (N-methyl/N-ethyl adjacent to an activating group) is 1. The standard InChI is InChI=1S/C18H29N3O3/c1-20(2)18(22)13-21-9-7-15(8-10-21)19-12-14-5-6-16(23-3)17(11-14)24-4/h5-6,11,15,19H,7-10,12-13H2,1-4H3. The molecule has 6 nitrogen and oxygen atoms in total. The van der Waals surface area contributed by atoms with Crippen molar-refractivity contribution in [3.63, 3.8) is 0 Å². The van der Waals surface area contributed by atoms with E-state index in [-0.39, 0.29) is 5.91 Å². The van der Waals surface area contributed by atoms with Crippen molar-refractivity contribution in [1.82, 2.24) is 15.1 Å². The minimum Gasteiger partial charge on any atom is -0.493 e. The Morgan fingerprint density at radius 3 is 2.46 bits per heavy atom. The van der Waals surface area contributed by atoms with Crippen LogP contribution in [0.4, 0.5) is 0 Å². The number of rotatable bonds is 7. The fraction of sp³-hybridized carbons (Fsp3) is 0.611. The molecule has 1 amide bonds. The lowest BCUT2D eigenvalue weighted by Crippen LogP contribution is -2.45. The molecule has 0 aromatic heterocycles. The quantitative estimate of drug-likeness (QED) is 0.815. The Bertz CT molecular complexity index is 540. The third-order valence-electron chi connectivity index (χ3n) is 4.49. The van der Waals surface area contributed by atoms with E-state index < -0.39 is 0 Å². The van der Waals surface area contributed by atoms with E-state index in [0.717, 1.165) is 44.0 Å². The Morgan fingerprint density at radius 2 is 1.88 bits per heavy atom. The Labute approximate surface area is 144 Å². The highest BCUT2D eigenvalue weighted by atomic mass is 16.5. The first-order valence-electron chi connectivity index (χ1n) is 8.40. The minimum atomic E-state index is 0.173. The highest BCUT2D eigenvalue weighted by Crippen LogP contribution is 2.27. The molecular weight excluding hydrogens is 306 g/mol. The van der Waals surface area contributed by atoms with Gasteiger partial charge in [0, 0.05) is 39.8 Å². The Balaban J connectivity index is 1.77. The molecular formula is C18H29N3O3. The van der Waals surface area contributed by atoms with Gasteiger partial charge in [0.1, 0.15) is 0 Å². The Morgan fingerprint density at radius 1 is 1.21 bits per heavy atom. The summed E-state index contributed by atoms with van der Waals surface area (Å²) in [6, 6.07) is 6.49. The van der Waals surface area contributed by atoms with E-state index in [0.29, 0.717) is 12.6 Å². The Hall–Kier alpha value is -1.79. The van der Waals surface area contributed by atoms with Gasteiger partial charge < -0.3 is 19.7 Å². The van der Waals surface area contributed by atoms with Gasteiger partial charge in [0.2, 0.25) is 5.91 Å². The predicted molar refractivity (Wildman–Crippen MR) is 94.5 cm³/mol. The van der Waals surface area contributed by atoms with Gasteiger partial charge in [0.25, 0.3) is 0 Å². The fourth-order valence-corrected chi connectivity index (χ4v) is 2.88. The number of nitrogens with one attached hydrogen (secondary N) is 1. The summed E-state index contributed by atoms with van der Waals surface area (Å²) in [7, 11) is 6.91. The number of amides is 1. The van der Waals surface area contributed by atoms with E-state index in [2.05, 4.69) is 16.3 Å². The maximum absolute atomic E-state index is 11.8. The van der Waals surface area contributed by atoms with Gasteiger partial charge in [-0.2, -0.15) is 0 Å². The lowest BCUT2D eigenvalue weighted by molar-refractivity contribution is -0.130. The SMILES string of the molecule is COc1ccc(CNC2CCN(CC(=O)N(C)C)CC2)cc1OC. The predicted octanol–water partition coefficient (Wildman–Crippen LogP) is 1.35. The topological polar surface area (TPSA) is 54.0 Å². The summed E-state index contributed by atoms with van der Waals surface area (Å²) in [5.74, 6) is 1.68. The molecule has 0 aliphatic carbocycles. The molecule has 1 aliphatic heterocycles. The monoisotopic (exact) mass is 335 g/mol. The van der Waals surface area contributed by atoms with Crippen molar-refractivity contribution in [2.75, 3.05) is 47.9 Å². The van der Waals surface area contributed by atoms with Crippen LogP contribution in [0.1, 0.15) is 18.4 Å². The summed E-state index contributed by atoms with van der Waals surface area (Å²) < 4.78 is 10.6. The molecule has 1 fully saturated rings. The van der Waals surface area contributed by atoms with Gasteiger partial charge in [-0.05, 0) is 30.5 Å². The van der Waals surface area contributed by atoms with E-state index >= 15 is 0 Å². The molecule has 1 heterocycles. The van der Waals surface area contributed by atoms with Crippen LogP contribution in [0.15, 0.2) is 18.2 Å². The zero-order valence-electron chi connectivity index (χ0n) is 15.2. The molecule has 1 aromatic rings. The van der Waals surface area contributed by atoms with Crippen molar-refractivity contribution in [2.45, 2.75) is 25.4 Å². The Kier molecular flexibility index (Phi) is 6.87. The van der Waals surface area contributed by atoms with Gasteiger partial charge >= 0.3 is 0 Å². The van der Waals surface area contributed by atoms with Gasteiger partial charge in [-0.1, -0.05) is 6.07 Å². The van der Waals surface area contributed by atoms with Crippen LogP contribution in [0.25, 0.3) is 0 Å². The molecule has 2 rings (SSSR count). The molecule has 0 unspecified atom stereocenters. The number of benzene rings is 1. The van der Waals surface area contributed by atoms with Crippen LogP contribution in [0.3, 0.4) is 0 Å². The van der Waals surface area contributed by atoms with Crippen molar-refractivity contribution in [1.29, 1.82) is 0 Å². The molecule has 0 atom stereocenters. The van der Waals surface area contributed by atoms with Crippen molar-refractivity contribution >= 4 is 5.91 Å². The van der Waals surface area contributed by atoms with Gasteiger partial charge in [0.05, 0.1) is 20.8 Å². The average Bonchev–Trinajstić information content (AvgIpc) is 2.60. The highest BCUT2D eigenvalue weighted by Gasteiger charge is 2.21. The normalized spacial score (nSPS) is 16.0. The number of carbonyl (C=O) groups excluding carboxylic acids is 1. The number of nitrogens with zero attached hydrogens (tertiary/aromatic N) is 2. The lowest BCUT2D eigenvalue weighted by Gasteiger charge is -2.32. The van der Waals surface area contributed by atoms with Gasteiger partial charge in [-0.15, -0.1) is 0 Å². The van der Waals surface area contributed by atoms with Crippen LogP contribution >= 0.6 is 0 Å². The van der Waals surface area contributed by atoms with Crippen LogP contribution in [0, 0.1) is 0 Å². The summed E-state index contributed by atoms with van der Waals surface area (Å²) in [6.07, 6.45) is 2.13. The van der Waals surface area contributed by atoms with Crippen molar-refractivity contribution in [2.24, 2.45) is 0 Å². The van der Waals surface area contributed by atoms with E-state index in [1.54, 1.807) is 33.2 Å². The van der Waals surface area contributed by atoms with Crippen molar-refractivity contribution in [3.8, 4) is 11.5 Å². The number of likely N-dealkylation sites (tertiary alicyclic amines) is 1. The summed E-state index contributed by atoms with van der Waals surface area (Å²) in [6.45, 7) is 3.25. The van der Waals surface area contributed by atoms with Crippen LogP contribution < -0.4 is 14.8 Å². The number of hydrogen-bond acceptors (Lipinski definition) is 5. The first-order chi connectivity index (χ1) is 11.5. The minimum absolute atomic E-state index is 0.173. The van der Waals surface area contributed by atoms with Crippen LogP contribution in [0.5, 0.6) is 11.5 Å². The smallest absolute Gasteiger partial charge is 0.236 e. The molecule has 1 aromatic carbocycles. The number of carbonyl (C=O) groups is 1. The van der Waals surface area contributed by atoms with Gasteiger partial charge in [-0.25, -0.2) is 0 Å². The van der Waals surface area contributed by atoms with Crippen molar-refractivity contribution < 1.29 is 14.3 Å². The first-order valence-corrected chi connectivity index (χ1v) is 8.40. The van der Waals surface area contributed by atoms with Crippen LogP contribution in [-0.4, -0.2) is 69.7 Å². The van der Waals surface area contributed by atoms with E-state index in [1.807, 2.05) is 12.1 Å². The summed E-state index contributed by atoms with van der Waals surface area (Å²) >= 11 is 0. The second-order valence-corrected chi connectivity index (χ2v) is 6.41. The lowest BCUT2D eigenvalue weighted by atomic mass is 10.0. The molecule has 1 aliphatic rings. The average molecular weight is 335 g/mol. The maximum atomic E-state index is 11.8. The molecule has 0 saturated carbocycles. The summed E-state index contributed by atoms with van der Waals surface area (Å²) in [5, 5.41) is 3.60. The van der Waals surface area contributed by atoms with E-state index in [1.165, 1.54) is 5.56 Å². The molecule has 0 bridgehead atoms. The highest BCUT2D eigenvalue weighted by molar-refractivity contribution is 5.77. The second kappa shape index (κ2) is 8.89. The molecule has 0 spiro atoms. The second-order valence-electron chi connectivity index (χ2n) is 6.41. The maximum Gasteiger partial charge on any atom is 0.236 e. The third-order valence-corrected chi connectivity index (χ3v) is 4.49. The molecule has 134 valence electrons. The number of methoxy groups -OCH3 is 2. The summed E-state index contributed by atoms with van der Waals surface area (Å²) in [4.78, 5) is 15.6. The fourth-order valence-electron chi connectivity index (χ4n) is 2.88. The zero-order valence-corrected chi connectivity index (χ0v) is 15.2. The van der Waals surface area contributed by atoms with E-state index in [9.17, 15) is 4.79 Å². The molecule has 0 radical (unpaired) electrons. The summed E-state index contributed by atoms with van der Waals surface area (Å²) in [5.41, 5.74) is 1.18. The van der Waals surface area contributed by atoms with Crippen LogP contribution in [-0.2, 0) is 11.3 Å². The van der Waals surface area contributed by atoms with Gasteiger partial charge in [-0.3, -0.25) is 9.69 Å². The van der Waals surface area contributed by atoms with Gasteiger partial charge in [0.15, 0.2) is 11.5 Å². The number of ether oxygens (including phenoxy) is 2. The molecule has 6 heteroatoms.